The molecule has 6 unspecified atom stereocenters. The summed E-state index contributed by atoms with van der Waals surface area (Å²) in [5.41, 5.74) is 15.5. The van der Waals surface area contributed by atoms with Gasteiger partial charge in [-0.3, -0.25) is 15.2 Å². The van der Waals surface area contributed by atoms with Crippen molar-refractivity contribution in [3.63, 3.8) is 0 Å². The van der Waals surface area contributed by atoms with Crippen LogP contribution in [0.1, 0.15) is 98.3 Å². The van der Waals surface area contributed by atoms with Gasteiger partial charge in [0.25, 0.3) is 0 Å². The lowest BCUT2D eigenvalue weighted by Crippen LogP contribution is -2.51. The molecule has 5 heterocycles. The lowest BCUT2D eigenvalue weighted by Gasteiger charge is -2.44. The number of imidazole rings is 2. The van der Waals surface area contributed by atoms with E-state index < -0.39 is 0 Å². The number of allylic oxidation sites excluding steroid dienone is 2. The number of nitrogens with one attached hydrogen (secondary N) is 2. The number of aryl methyl sites for hydroxylation is 2. The van der Waals surface area contributed by atoms with Crippen molar-refractivity contribution in [3.8, 4) is 0 Å². The number of hydrogen-bond donors (Lipinski definition) is 2. The van der Waals surface area contributed by atoms with E-state index >= 15 is 0 Å². The zero-order chi connectivity index (χ0) is 36.1. The van der Waals surface area contributed by atoms with Gasteiger partial charge in [0, 0.05) is 55.5 Å². The van der Waals surface area contributed by atoms with Crippen LogP contribution in [0.5, 0.6) is 0 Å². The molecule has 2 fully saturated rings. The van der Waals surface area contributed by atoms with Gasteiger partial charge in [0.1, 0.15) is 12.4 Å². The average Bonchev–Trinajstić information content (AvgIpc) is 3.86. The first-order valence-electron chi connectivity index (χ1n) is 19.4. The molecule has 10 rings (SSSR count). The molecule has 3 aliphatic heterocycles. The summed E-state index contributed by atoms with van der Waals surface area (Å²) in [6.45, 7) is 7.51. The maximum absolute atomic E-state index is 12.5. The summed E-state index contributed by atoms with van der Waals surface area (Å²) >= 11 is 0. The van der Waals surface area contributed by atoms with E-state index in [-0.39, 0.29) is 36.2 Å². The molecule has 1 saturated heterocycles. The van der Waals surface area contributed by atoms with Crippen molar-refractivity contribution in [3.05, 3.63) is 143 Å². The minimum Gasteiger partial charge on any atom is -0.337 e. The molecule has 2 aromatic carbocycles. The van der Waals surface area contributed by atoms with E-state index in [1.165, 1.54) is 58.5 Å². The molecule has 0 amide bonds. The predicted octanol–water partition coefficient (Wildman–Crippen LogP) is 7.46. The van der Waals surface area contributed by atoms with Crippen LogP contribution in [0.2, 0.25) is 0 Å². The minimum atomic E-state index is 0.0230. The van der Waals surface area contributed by atoms with Gasteiger partial charge in [-0.05, 0) is 91.6 Å². The fourth-order valence-corrected chi connectivity index (χ4v) is 10.1. The highest BCUT2D eigenvalue weighted by atomic mass is 16.1. The van der Waals surface area contributed by atoms with Crippen LogP contribution in [0, 0.1) is 5.92 Å². The summed E-state index contributed by atoms with van der Waals surface area (Å²) in [5, 5.41) is 8.70. The molecule has 6 aliphatic rings. The van der Waals surface area contributed by atoms with Gasteiger partial charge in [-0.2, -0.15) is 5.10 Å². The Bertz CT molecular complexity index is 2170. The van der Waals surface area contributed by atoms with E-state index in [1.807, 2.05) is 24.9 Å². The molecule has 0 bridgehead atoms. The Labute approximate surface area is 311 Å². The number of hydrazone groups is 1. The molecular formula is C44H48N8O. The van der Waals surface area contributed by atoms with Crippen LogP contribution in [-0.2, 0) is 18.4 Å². The molecular weight excluding hydrogens is 657 g/mol. The van der Waals surface area contributed by atoms with Crippen LogP contribution >= 0.6 is 0 Å². The fraction of sp³-hybridized carbons (Fsp3) is 0.386. The molecule has 0 spiro atoms. The van der Waals surface area contributed by atoms with Gasteiger partial charge in [0.15, 0.2) is 5.78 Å². The van der Waals surface area contributed by atoms with Crippen molar-refractivity contribution in [1.82, 2.24) is 29.8 Å². The number of piperidine rings is 1. The second-order valence-corrected chi connectivity index (χ2v) is 15.3. The largest absolute Gasteiger partial charge is 0.337 e. The molecule has 270 valence electrons. The quantitative estimate of drug-likeness (QED) is 0.225. The van der Waals surface area contributed by atoms with E-state index in [1.54, 1.807) is 0 Å². The zero-order valence-corrected chi connectivity index (χ0v) is 30.7. The van der Waals surface area contributed by atoms with Crippen LogP contribution in [0.25, 0.3) is 0 Å². The van der Waals surface area contributed by atoms with Crippen molar-refractivity contribution < 1.29 is 4.79 Å². The number of aliphatic imine (C=N–C) groups is 1. The lowest BCUT2D eigenvalue weighted by atomic mass is 9.62. The Morgan fingerprint density at radius 3 is 2.42 bits per heavy atom. The van der Waals surface area contributed by atoms with E-state index in [4.69, 9.17) is 15.1 Å². The third-order valence-electron chi connectivity index (χ3n) is 12.4. The molecule has 9 heteroatoms. The topological polar surface area (TPSA) is 101 Å². The first-order valence-corrected chi connectivity index (χ1v) is 19.4. The van der Waals surface area contributed by atoms with E-state index in [9.17, 15) is 4.79 Å². The SMILES string of the molecule is C=C1NN=C2C3=C1CCCC3CC(c1ccccc1)C2c1cncn1C.CCn1ccnc1C1C2=NCC(=O)C3=C2C(CCC3)NC1c1ccccc1. The van der Waals surface area contributed by atoms with Gasteiger partial charge in [0.05, 0.1) is 35.3 Å². The summed E-state index contributed by atoms with van der Waals surface area (Å²) in [7, 11) is 2.09. The van der Waals surface area contributed by atoms with Crippen LogP contribution in [0.3, 0.4) is 0 Å². The Morgan fingerprint density at radius 2 is 1.66 bits per heavy atom. The Kier molecular flexibility index (Phi) is 8.90. The van der Waals surface area contributed by atoms with E-state index in [0.29, 0.717) is 11.8 Å². The number of ketones is 1. The fourth-order valence-electron chi connectivity index (χ4n) is 10.1. The van der Waals surface area contributed by atoms with Gasteiger partial charge in [-0.25, -0.2) is 9.97 Å². The number of rotatable bonds is 5. The summed E-state index contributed by atoms with van der Waals surface area (Å²) < 4.78 is 4.35. The molecule has 2 aromatic heterocycles. The molecule has 53 heavy (non-hydrogen) atoms. The Morgan fingerprint density at radius 1 is 0.906 bits per heavy atom. The minimum absolute atomic E-state index is 0.0230. The maximum Gasteiger partial charge on any atom is 0.180 e. The number of hydrogen-bond acceptors (Lipinski definition) is 7. The standard InChI is InChI=1S/C22H24N4O.C22H24N4/c1-2-26-12-11-23-22(26)19-20(14-7-4-3-5-8-14)25-16-10-6-9-15-17(27)13-24-21(19)18(15)16;1-14-17-10-6-9-16-11-18(15-7-4-3-5-8-15)21(19-12-23-13-26(19)2)22(20(16)17)25-24-14/h3-5,7-8,11-12,16,19-20,25H,2,6,9-10,13H2,1H3;3-5,7-8,12-13,16,18,21,24H,1,6,9-11H2,2H3. The molecule has 4 aromatic rings. The highest BCUT2D eigenvalue weighted by molar-refractivity contribution is 6.17. The number of carbonyl (C=O) groups is 1. The average molecular weight is 705 g/mol. The number of benzene rings is 2. The van der Waals surface area contributed by atoms with Gasteiger partial charge < -0.3 is 14.5 Å². The number of nitrogens with zero attached hydrogens (tertiary/aromatic N) is 6. The number of Topliss-reactive ketones (excluding diaryl/α,β-unsaturated/α-hetero) is 1. The smallest absolute Gasteiger partial charge is 0.180 e. The second kappa shape index (κ2) is 14.0. The van der Waals surface area contributed by atoms with Crippen molar-refractivity contribution in [1.29, 1.82) is 0 Å². The Hall–Kier alpha value is -5.15. The van der Waals surface area contributed by atoms with Crippen molar-refractivity contribution in [2.45, 2.75) is 88.3 Å². The monoisotopic (exact) mass is 704 g/mol. The molecule has 1 saturated carbocycles. The van der Waals surface area contributed by atoms with E-state index in [0.717, 1.165) is 55.0 Å². The third-order valence-corrected chi connectivity index (χ3v) is 12.4. The summed E-state index contributed by atoms with van der Waals surface area (Å²) in [4.78, 5) is 26.5. The highest BCUT2D eigenvalue weighted by Gasteiger charge is 2.47. The van der Waals surface area contributed by atoms with Crippen molar-refractivity contribution >= 4 is 17.2 Å². The van der Waals surface area contributed by atoms with Gasteiger partial charge in [-0.15, -0.1) is 0 Å². The Balaban J connectivity index is 0.000000141. The molecule has 6 atom stereocenters. The first-order chi connectivity index (χ1) is 26.0. The van der Waals surface area contributed by atoms with Crippen molar-refractivity contribution in [2.75, 3.05) is 6.54 Å². The van der Waals surface area contributed by atoms with E-state index in [2.05, 4.69) is 106 Å². The number of aromatic nitrogens is 4. The predicted molar refractivity (Wildman–Crippen MR) is 209 cm³/mol. The third kappa shape index (κ3) is 5.86. The molecule has 2 N–H and O–H groups in total. The van der Waals surface area contributed by atoms with Gasteiger partial charge in [-0.1, -0.05) is 67.2 Å². The van der Waals surface area contributed by atoms with Gasteiger partial charge in [0.2, 0.25) is 0 Å². The summed E-state index contributed by atoms with van der Waals surface area (Å²) in [6.07, 6.45) is 15.6. The lowest BCUT2D eigenvalue weighted by molar-refractivity contribution is -0.114. The first kappa shape index (κ1) is 33.7. The maximum atomic E-state index is 12.5. The van der Waals surface area contributed by atoms with Crippen LogP contribution in [0.4, 0.5) is 0 Å². The van der Waals surface area contributed by atoms with Crippen molar-refractivity contribution in [2.24, 2.45) is 23.1 Å². The van der Waals surface area contributed by atoms with Gasteiger partial charge >= 0.3 is 0 Å². The normalized spacial score (nSPS) is 27.5. The van der Waals surface area contributed by atoms with Crippen LogP contribution < -0.4 is 10.7 Å². The number of carbonyl (C=O) groups excluding carboxylic acids is 1. The molecule has 3 aliphatic carbocycles. The van der Waals surface area contributed by atoms with Crippen LogP contribution in [-0.4, -0.2) is 48.9 Å². The molecule has 0 radical (unpaired) electrons. The molecule has 9 nitrogen and oxygen atoms in total. The number of dihydropyridines is 1. The highest BCUT2D eigenvalue weighted by Crippen LogP contribution is 2.52. The summed E-state index contributed by atoms with van der Waals surface area (Å²) in [6, 6.07) is 21.8. The summed E-state index contributed by atoms with van der Waals surface area (Å²) in [5.74, 6) is 2.50. The van der Waals surface area contributed by atoms with Crippen LogP contribution in [0.15, 0.2) is 130 Å². The second-order valence-electron chi connectivity index (χ2n) is 15.3. The zero-order valence-electron chi connectivity index (χ0n) is 30.7.